The molecule has 2 aromatic carbocycles. The molecular formula is C55H72F2I2N8O10S2Si. The number of morpholine rings is 2. The molecule has 4 aromatic heterocycles. The van der Waals surface area contributed by atoms with Crippen molar-refractivity contribution in [1.29, 1.82) is 0 Å². The topological polar surface area (TPSA) is 202 Å². The average Bonchev–Trinajstić information content (AvgIpc) is 4.09. The van der Waals surface area contributed by atoms with Crippen molar-refractivity contribution in [3.63, 3.8) is 0 Å². The third-order valence-electron chi connectivity index (χ3n) is 16.8. The van der Waals surface area contributed by atoms with Crippen LogP contribution < -0.4 is 19.3 Å². The maximum absolute atomic E-state index is 15.9. The zero-order valence-electron chi connectivity index (χ0n) is 45.7. The Morgan fingerprint density at radius 3 is 1.56 bits per heavy atom. The van der Waals surface area contributed by atoms with Gasteiger partial charge in [0.1, 0.15) is 45.7 Å². The van der Waals surface area contributed by atoms with Crippen LogP contribution in [0.25, 0.3) is 44.6 Å². The van der Waals surface area contributed by atoms with Gasteiger partial charge in [0.15, 0.2) is 62.7 Å². The van der Waals surface area contributed by atoms with Gasteiger partial charge in [-0.25, -0.2) is 45.6 Å². The summed E-state index contributed by atoms with van der Waals surface area (Å²) < 4.78 is 120. The summed E-state index contributed by atoms with van der Waals surface area (Å²) in [5.41, 5.74) is 2.75. The highest BCUT2D eigenvalue weighted by atomic mass is 127. The van der Waals surface area contributed by atoms with E-state index in [1.807, 2.05) is 18.3 Å². The maximum Gasteiger partial charge on any atom is 0.185 e. The molecule has 4 saturated heterocycles. The van der Waals surface area contributed by atoms with Gasteiger partial charge in [-0.05, 0) is 80.2 Å². The van der Waals surface area contributed by atoms with Crippen LogP contribution in [0.1, 0.15) is 72.2 Å². The van der Waals surface area contributed by atoms with Crippen LogP contribution >= 0.6 is 45.2 Å². The summed E-state index contributed by atoms with van der Waals surface area (Å²) in [5.74, 6) is 1.09. The Morgan fingerprint density at radius 2 is 1.11 bits per heavy atom. The lowest BCUT2D eigenvalue weighted by molar-refractivity contribution is 0.0638. The van der Waals surface area contributed by atoms with Crippen LogP contribution in [0.3, 0.4) is 0 Å². The minimum atomic E-state index is -3.67. The largest absolute Gasteiger partial charge is 0.486 e. The van der Waals surface area contributed by atoms with E-state index in [9.17, 15) is 16.8 Å². The molecule has 2 unspecified atom stereocenters. The second kappa shape index (κ2) is 23.3. The Labute approximate surface area is 496 Å². The number of rotatable bonds is 7. The van der Waals surface area contributed by atoms with E-state index in [2.05, 4.69) is 105 Å². The second-order valence-corrected chi connectivity index (χ2v) is 38.4. The number of sulfone groups is 2. The highest BCUT2D eigenvalue weighted by Crippen LogP contribution is 2.51. The fraction of sp³-hybridized carbons (Fsp3) is 0.564. The van der Waals surface area contributed by atoms with Gasteiger partial charge in [-0.1, -0.05) is 86.5 Å². The Bertz CT molecular complexity index is 3490. The minimum absolute atomic E-state index is 0. The first kappa shape index (κ1) is 60.7. The van der Waals surface area contributed by atoms with Crippen LogP contribution in [-0.2, 0) is 48.1 Å². The predicted octanol–water partition coefficient (Wildman–Crippen LogP) is 9.99. The van der Waals surface area contributed by atoms with Gasteiger partial charge in [-0.15, -0.1) is 0 Å². The average molecular weight is 1390 g/mol. The van der Waals surface area contributed by atoms with Crippen molar-refractivity contribution < 1.29 is 54.0 Å². The molecule has 0 aliphatic carbocycles. The van der Waals surface area contributed by atoms with Crippen LogP contribution in [0.2, 0.25) is 18.1 Å². The van der Waals surface area contributed by atoms with Gasteiger partial charge in [0.05, 0.1) is 51.6 Å². The summed E-state index contributed by atoms with van der Waals surface area (Å²) in [7, 11) is -9.35. The molecule has 2 atom stereocenters. The quantitative estimate of drug-likeness (QED) is 0.0898. The third kappa shape index (κ3) is 11.0. The van der Waals surface area contributed by atoms with Crippen LogP contribution in [0.15, 0.2) is 48.8 Å². The maximum atomic E-state index is 15.9. The predicted molar refractivity (Wildman–Crippen MR) is 327 cm³/mol. The number of anilines is 2. The van der Waals surface area contributed by atoms with Gasteiger partial charge in [0.2, 0.25) is 0 Å². The number of alkyl halides is 2. The van der Waals surface area contributed by atoms with E-state index in [0.717, 1.165) is 13.0 Å². The van der Waals surface area contributed by atoms with E-state index in [4.69, 9.17) is 48.4 Å². The lowest BCUT2D eigenvalue weighted by atomic mass is 9.93. The smallest absolute Gasteiger partial charge is 0.185 e. The summed E-state index contributed by atoms with van der Waals surface area (Å²) in [6.07, 6.45) is 7.18. The fourth-order valence-corrected chi connectivity index (χ4v) is 16.2. The van der Waals surface area contributed by atoms with Crippen molar-refractivity contribution >= 4 is 107 Å². The molecule has 6 aliphatic rings. The van der Waals surface area contributed by atoms with Crippen molar-refractivity contribution in [2.45, 2.75) is 102 Å². The second-order valence-electron chi connectivity index (χ2n) is 22.6. The number of hydrogen-bond acceptors (Lipinski definition) is 16. The highest BCUT2D eigenvalue weighted by Gasteiger charge is 2.52. The summed E-state index contributed by atoms with van der Waals surface area (Å²) in [6, 6.07) is 9.89. The Balaban J connectivity index is 0.000000182. The molecule has 0 saturated carbocycles. The number of nitrogens with one attached hydrogen (secondary N) is 1. The first-order chi connectivity index (χ1) is 37.4. The number of halogens is 4. The van der Waals surface area contributed by atoms with Crippen molar-refractivity contribution in [2.24, 2.45) is 0 Å². The summed E-state index contributed by atoms with van der Waals surface area (Å²) in [6.45, 7) is 18.4. The summed E-state index contributed by atoms with van der Waals surface area (Å²) >= 11 is 4.66. The molecule has 12 rings (SSSR count). The monoisotopic (exact) mass is 1390 g/mol. The molecule has 25 heteroatoms. The molecular weight excluding hydrogens is 1320 g/mol. The molecule has 6 aliphatic heterocycles. The number of hydrogen-bond donors (Lipinski definition) is 1. The zero-order valence-corrected chi connectivity index (χ0v) is 52.7. The van der Waals surface area contributed by atoms with E-state index < -0.39 is 49.0 Å². The van der Waals surface area contributed by atoms with Gasteiger partial charge in [-0.3, -0.25) is 0 Å². The molecule has 1 N–H and O–H groups in total. The normalized spacial score (nSPS) is 20.8. The first-order valence-electron chi connectivity index (χ1n) is 26.6. The van der Waals surface area contributed by atoms with E-state index in [-0.39, 0.29) is 105 Å². The molecule has 0 spiro atoms. The number of aromatic nitrogens is 6. The lowest BCUT2D eigenvalue weighted by Gasteiger charge is -2.43. The van der Waals surface area contributed by atoms with Crippen LogP contribution in [-0.4, -0.2) is 160 Å². The summed E-state index contributed by atoms with van der Waals surface area (Å²) in [4.78, 5) is 26.7. The minimum Gasteiger partial charge on any atom is -0.486 e. The molecule has 6 aromatic rings. The third-order valence-corrected chi connectivity index (χ3v) is 26.1. The number of ether oxygens (including phenoxy) is 6. The van der Waals surface area contributed by atoms with Crippen molar-refractivity contribution in [3.8, 4) is 34.3 Å². The molecule has 18 nitrogen and oxygen atoms in total. The molecule has 0 radical (unpaired) electrons. The molecule has 0 bridgehead atoms. The van der Waals surface area contributed by atoms with Gasteiger partial charge in [0.25, 0.3) is 0 Å². The standard InChI is InChI=1S/C29H39FN4O5SSi.C23H25FN4O5S.C2H4I2.CH4/c1-28(2,3)41(5,6)34-12-9-20-22(34)8-7-21(30)23(20)26-31-25(29(40(4,35)36)10-14-37-15-11-29)24-27(32-26)33-13-16-38-17-19(33)18-39-24;1-34(29,30)23(5-9-31-10-6-23)20-19-22(28-8-11-32-12-14(28)13-33-19)27-21(26-20)18-15-4-7-25-17(15)3-2-16(18)24;1-2(3)4;/h7-9,12,19H,10-11,13-18H2,1-6H3;2-4,7,14,25H,5-6,8-13H2,1H3;2H,1H3;1H4. The van der Waals surface area contributed by atoms with Crippen LogP contribution in [0, 0.1) is 11.6 Å². The van der Waals surface area contributed by atoms with E-state index >= 15 is 8.78 Å². The molecule has 4 fully saturated rings. The molecule has 436 valence electrons. The number of benzene rings is 2. The molecule has 80 heavy (non-hydrogen) atoms. The number of fused-ring (bicyclic) bond motifs is 8. The first-order valence-corrected chi connectivity index (χ1v) is 35.8. The number of H-pyrrole nitrogens is 1. The Kier molecular flexibility index (Phi) is 17.7. The van der Waals surface area contributed by atoms with Gasteiger partial charge >= 0.3 is 0 Å². The van der Waals surface area contributed by atoms with Crippen LogP contribution in [0.4, 0.5) is 20.4 Å². The Hall–Kier alpha value is -3.84. The Morgan fingerprint density at radius 1 is 0.662 bits per heavy atom. The van der Waals surface area contributed by atoms with Gasteiger partial charge in [0, 0.05) is 80.0 Å². The highest BCUT2D eigenvalue weighted by molar-refractivity contribution is 14.2. The van der Waals surface area contributed by atoms with Gasteiger partial charge in [-0.2, -0.15) is 0 Å². The lowest BCUT2D eigenvalue weighted by Crippen LogP contribution is -2.52. The zero-order chi connectivity index (χ0) is 56.5. The van der Waals surface area contributed by atoms with E-state index in [0.29, 0.717) is 92.3 Å². The summed E-state index contributed by atoms with van der Waals surface area (Å²) in [5, 5.41) is 1.38. The molecule has 0 amide bonds. The van der Waals surface area contributed by atoms with E-state index in [1.165, 1.54) is 24.6 Å². The molecule has 10 heterocycles. The number of nitrogens with zero attached hydrogens (tertiary/aromatic N) is 7. The van der Waals surface area contributed by atoms with Crippen molar-refractivity contribution in [2.75, 3.05) is 101 Å². The van der Waals surface area contributed by atoms with Crippen molar-refractivity contribution in [1.82, 2.24) is 29.2 Å². The fourth-order valence-electron chi connectivity index (χ4n) is 11.4. The number of aromatic amines is 1. The SMILES string of the molecule is C.CC(C)(C)[Si](C)(C)n1ccc2c(-c3nc4c(c(C5(S(C)(=O)=O)CCOCC5)n3)OCC3COCCN43)c(F)ccc21.CC(I)I.CS(=O)(=O)C1(c2nc(-c3c(F)ccc4[nH]ccc34)nc3c2OCC2COCCN32)CCOCC1. The van der Waals surface area contributed by atoms with Crippen molar-refractivity contribution in [3.05, 3.63) is 71.8 Å². The van der Waals surface area contributed by atoms with E-state index in [1.54, 1.807) is 18.3 Å². The van der Waals surface area contributed by atoms with Crippen LogP contribution in [0.5, 0.6) is 11.5 Å². The van der Waals surface area contributed by atoms with Gasteiger partial charge < -0.3 is 47.4 Å².